The van der Waals surface area contributed by atoms with Crippen LogP contribution in [0.3, 0.4) is 0 Å². The first kappa shape index (κ1) is 16.4. The van der Waals surface area contributed by atoms with E-state index in [1.54, 1.807) is 24.3 Å². The van der Waals surface area contributed by atoms with Crippen LogP contribution in [0.15, 0.2) is 71.1 Å². The molecule has 0 unspecified atom stereocenters. The van der Waals surface area contributed by atoms with Crippen LogP contribution in [-0.2, 0) is 6.54 Å². The molecule has 2 heterocycles. The van der Waals surface area contributed by atoms with Crippen LogP contribution in [-0.4, -0.2) is 21.7 Å². The molecule has 4 aromatic rings. The number of hydrogen-bond acceptors (Lipinski definition) is 4. The van der Waals surface area contributed by atoms with Gasteiger partial charge in [0, 0.05) is 5.56 Å². The molecule has 28 heavy (non-hydrogen) atoms. The maximum atomic E-state index is 12.5. The number of rotatable bonds is 3. The average molecular weight is 368 g/mol. The molecule has 0 N–H and O–H groups in total. The smallest absolute Gasteiger partial charge is 0.261 e. The van der Waals surface area contributed by atoms with Crippen molar-refractivity contribution in [2.75, 3.05) is 0 Å². The molecular formula is C23H16N2O3. The monoisotopic (exact) mass is 368 g/mol. The molecular weight excluding hydrogens is 352 g/mol. The van der Waals surface area contributed by atoms with E-state index in [-0.39, 0.29) is 18.4 Å². The minimum Gasteiger partial charge on any atom is -0.436 e. The summed E-state index contributed by atoms with van der Waals surface area (Å²) in [6.07, 6.45) is 0. The number of oxazole rings is 1. The van der Waals surface area contributed by atoms with Gasteiger partial charge in [0.15, 0.2) is 5.58 Å². The average Bonchev–Trinajstić information content (AvgIpc) is 3.23. The van der Waals surface area contributed by atoms with E-state index in [0.717, 1.165) is 27.8 Å². The van der Waals surface area contributed by atoms with E-state index in [1.165, 1.54) is 4.90 Å². The van der Waals surface area contributed by atoms with E-state index < -0.39 is 0 Å². The summed E-state index contributed by atoms with van der Waals surface area (Å²) >= 11 is 0. The van der Waals surface area contributed by atoms with Gasteiger partial charge in [0.05, 0.1) is 17.7 Å². The van der Waals surface area contributed by atoms with Crippen LogP contribution in [0.1, 0.15) is 31.8 Å². The van der Waals surface area contributed by atoms with E-state index >= 15 is 0 Å². The Balaban J connectivity index is 1.40. The van der Waals surface area contributed by atoms with Gasteiger partial charge in [-0.3, -0.25) is 14.5 Å². The van der Waals surface area contributed by atoms with Gasteiger partial charge < -0.3 is 4.42 Å². The Bertz CT molecular complexity index is 1200. The van der Waals surface area contributed by atoms with E-state index in [2.05, 4.69) is 4.98 Å². The van der Waals surface area contributed by atoms with Crippen LogP contribution in [0.4, 0.5) is 0 Å². The number of aryl methyl sites for hydroxylation is 1. The summed E-state index contributed by atoms with van der Waals surface area (Å²) < 4.78 is 5.83. The van der Waals surface area contributed by atoms with E-state index in [4.69, 9.17) is 4.42 Å². The van der Waals surface area contributed by atoms with Gasteiger partial charge in [0.2, 0.25) is 5.89 Å². The predicted octanol–water partition coefficient (Wildman–Crippen LogP) is 4.60. The second-order valence-corrected chi connectivity index (χ2v) is 6.93. The van der Waals surface area contributed by atoms with Gasteiger partial charge >= 0.3 is 0 Å². The standard InChI is InChI=1S/C23H16N2O3/c1-14-6-11-20-19(12-14)24-21(28-20)16-9-7-15(8-10-16)13-25-22(26)17-4-2-3-5-18(17)23(25)27/h2-12H,13H2,1H3. The van der Waals surface area contributed by atoms with Crippen molar-refractivity contribution in [1.82, 2.24) is 9.88 Å². The molecule has 0 saturated heterocycles. The Morgan fingerprint density at radius 1 is 0.893 bits per heavy atom. The quantitative estimate of drug-likeness (QED) is 0.496. The molecule has 0 bridgehead atoms. The molecule has 0 spiro atoms. The van der Waals surface area contributed by atoms with Crippen molar-refractivity contribution in [3.05, 3.63) is 89.0 Å². The third-order valence-electron chi connectivity index (χ3n) is 4.96. The molecule has 1 aromatic heterocycles. The first-order valence-electron chi connectivity index (χ1n) is 9.02. The van der Waals surface area contributed by atoms with Gasteiger partial charge in [-0.1, -0.05) is 30.3 Å². The molecule has 1 aliphatic rings. The molecule has 0 saturated carbocycles. The molecule has 0 radical (unpaired) electrons. The number of carbonyl (C=O) groups excluding carboxylic acids is 2. The topological polar surface area (TPSA) is 63.4 Å². The number of fused-ring (bicyclic) bond motifs is 2. The normalized spacial score (nSPS) is 13.4. The first-order chi connectivity index (χ1) is 13.6. The fraction of sp³-hybridized carbons (Fsp3) is 0.0870. The number of imide groups is 1. The molecule has 5 heteroatoms. The summed E-state index contributed by atoms with van der Waals surface area (Å²) in [6.45, 7) is 2.25. The van der Waals surface area contributed by atoms with Crippen LogP contribution in [0.2, 0.25) is 0 Å². The molecule has 136 valence electrons. The molecule has 0 aliphatic carbocycles. The highest BCUT2D eigenvalue weighted by Crippen LogP contribution is 2.27. The van der Waals surface area contributed by atoms with Crippen LogP contribution >= 0.6 is 0 Å². The fourth-order valence-electron chi connectivity index (χ4n) is 3.48. The minimum atomic E-state index is -0.251. The van der Waals surface area contributed by atoms with Crippen molar-refractivity contribution in [3.8, 4) is 11.5 Å². The van der Waals surface area contributed by atoms with E-state index in [1.807, 2.05) is 49.4 Å². The van der Waals surface area contributed by atoms with Crippen molar-refractivity contribution in [1.29, 1.82) is 0 Å². The number of amides is 2. The maximum absolute atomic E-state index is 12.5. The zero-order chi connectivity index (χ0) is 19.3. The fourth-order valence-corrected chi connectivity index (χ4v) is 3.48. The van der Waals surface area contributed by atoms with Gasteiger partial charge in [-0.05, 0) is 54.4 Å². The highest BCUT2D eigenvalue weighted by molar-refractivity contribution is 6.21. The Hall–Kier alpha value is -3.73. The van der Waals surface area contributed by atoms with Crippen LogP contribution in [0.5, 0.6) is 0 Å². The molecule has 5 rings (SSSR count). The third kappa shape index (κ3) is 2.60. The van der Waals surface area contributed by atoms with Gasteiger partial charge in [0.1, 0.15) is 5.52 Å². The lowest BCUT2D eigenvalue weighted by Gasteiger charge is -2.13. The zero-order valence-corrected chi connectivity index (χ0v) is 15.2. The number of carbonyl (C=O) groups is 2. The highest BCUT2D eigenvalue weighted by Gasteiger charge is 2.34. The largest absolute Gasteiger partial charge is 0.436 e. The second-order valence-electron chi connectivity index (χ2n) is 6.93. The Kier molecular flexibility index (Phi) is 3.62. The summed E-state index contributed by atoms with van der Waals surface area (Å²) in [5.74, 6) is 0.0471. The van der Waals surface area contributed by atoms with E-state index in [9.17, 15) is 9.59 Å². The molecule has 2 amide bonds. The summed E-state index contributed by atoms with van der Waals surface area (Å²) in [4.78, 5) is 30.8. The summed E-state index contributed by atoms with van der Waals surface area (Å²) in [5, 5.41) is 0. The molecule has 5 nitrogen and oxygen atoms in total. The SMILES string of the molecule is Cc1ccc2oc(-c3ccc(CN4C(=O)c5ccccc5C4=O)cc3)nc2c1. The lowest BCUT2D eigenvalue weighted by atomic mass is 10.1. The lowest BCUT2D eigenvalue weighted by Crippen LogP contribution is -2.29. The van der Waals surface area contributed by atoms with Crippen LogP contribution in [0.25, 0.3) is 22.6 Å². The Morgan fingerprint density at radius 2 is 1.57 bits per heavy atom. The van der Waals surface area contributed by atoms with Gasteiger partial charge in [0.25, 0.3) is 11.8 Å². The Morgan fingerprint density at radius 3 is 2.25 bits per heavy atom. The van der Waals surface area contributed by atoms with Gasteiger partial charge in [-0.25, -0.2) is 4.98 Å². The zero-order valence-electron chi connectivity index (χ0n) is 15.2. The maximum Gasteiger partial charge on any atom is 0.261 e. The first-order valence-corrected chi connectivity index (χ1v) is 9.02. The molecule has 1 aliphatic heterocycles. The van der Waals surface area contributed by atoms with Crippen LogP contribution < -0.4 is 0 Å². The summed E-state index contributed by atoms with van der Waals surface area (Å²) in [7, 11) is 0. The molecule has 3 aromatic carbocycles. The number of nitrogens with zero attached hydrogens (tertiary/aromatic N) is 2. The van der Waals surface area contributed by atoms with Crippen LogP contribution in [0, 0.1) is 6.92 Å². The molecule has 0 atom stereocenters. The summed E-state index contributed by atoms with van der Waals surface area (Å²) in [6, 6.07) is 20.4. The van der Waals surface area contributed by atoms with Gasteiger partial charge in [-0.2, -0.15) is 0 Å². The summed E-state index contributed by atoms with van der Waals surface area (Å²) in [5.41, 5.74) is 5.34. The lowest BCUT2D eigenvalue weighted by molar-refractivity contribution is 0.0642. The second kappa shape index (κ2) is 6.16. The molecule has 0 fully saturated rings. The highest BCUT2D eigenvalue weighted by atomic mass is 16.3. The van der Waals surface area contributed by atoms with Crippen molar-refractivity contribution in [2.24, 2.45) is 0 Å². The Labute approximate surface area is 161 Å². The van der Waals surface area contributed by atoms with Crippen molar-refractivity contribution in [3.63, 3.8) is 0 Å². The number of hydrogen-bond donors (Lipinski definition) is 0. The van der Waals surface area contributed by atoms with Crippen molar-refractivity contribution < 1.29 is 14.0 Å². The predicted molar refractivity (Wildman–Crippen MR) is 105 cm³/mol. The number of benzene rings is 3. The van der Waals surface area contributed by atoms with Crippen molar-refractivity contribution >= 4 is 22.9 Å². The van der Waals surface area contributed by atoms with Crippen molar-refractivity contribution in [2.45, 2.75) is 13.5 Å². The third-order valence-corrected chi connectivity index (χ3v) is 4.96. The van der Waals surface area contributed by atoms with Gasteiger partial charge in [-0.15, -0.1) is 0 Å². The van der Waals surface area contributed by atoms with E-state index in [0.29, 0.717) is 17.0 Å². The number of aromatic nitrogens is 1. The minimum absolute atomic E-state index is 0.235.